The first-order valence-electron chi connectivity index (χ1n) is 7.06. The molecule has 0 radical (unpaired) electrons. The van der Waals surface area contributed by atoms with Crippen molar-refractivity contribution in [2.45, 2.75) is 58.5 Å². The summed E-state index contributed by atoms with van der Waals surface area (Å²) in [5.41, 5.74) is 0. The second-order valence-electron chi connectivity index (χ2n) is 4.39. The van der Waals surface area contributed by atoms with E-state index in [9.17, 15) is 4.79 Å². The molecule has 0 unspecified atom stereocenters. The highest BCUT2D eigenvalue weighted by atomic mass is 28.4. The number of nitrogens with zero attached hydrogens (tertiary/aromatic N) is 1. The van der Waals surface area contributed by atoms with E-state index < -0.39 is 8.56 Å². The van der Waals surface area contributed by atoms with Gasteiger partial charge in [-0.1, -0.05) is 20.8 Å². The predicted molar refractivity (Wildman–Crippen MR) is 75.8 cm³/mol. The summed E-state index contributed by atoms with van der Waals surface area (Å²) in [7, 11) is -2.01. The molecule has 0 rings (SSSR count). The second kappa shape index (κ2) is 11.6. The zero-order chi connectivity index (χ0) is 13.7. The zero-order valence-electron chi connectivity index (χ0n) is 12.0. The third-order valence-corrected chi connectivity index (χ3v) is 6.47. The molecule has 0 N–H and O–H groups in total. The van der Waals surface area contributed by atoms with Gasteiger partial charge < -0.3 is 8.85 Å². The standard InChI is InChI=1S/C13H27NO3Si/c1-4-10-16-18(6-3,17-11-5-2)12-8-7-9-14-13-15/h4-12H2,1-3H3. The minimum absolute atomic E-state index is 0.569. The van der Waals surface area contributed by atoms with Crippen LogP contribution >= 0.6 is 0 Å². The van der Waals surface area contributed by atoms with Crippen molar-refractivity contribution in [1.29, 1.82) is 0 Å². The van der Waals surface area contributed by atoms with Crippen LogP contribution in [0.25, 0.3) is 0 Å². The van der Waals surface area contributed by atoms with Gasteiger partial charge in [0.15, 0.2) is 0 Å². The van der Waals surface area contributed by atoms with Crippen molar-refractivity contribution in [2.24, 2.45) is 4.99 Å². The molecule has 0 aliphatic carbocycles. The molecule has 0 heterocycles. The summed E-state index contributed by atoms with van der Waals surface area (Å²) >= 11 is 0. The molecule has 4 nitrogen and oxygen atoms in total. The Morgan fingerprint density at radius 3 is 2.11 bits per heavy atom. The third-order valence-electron chi connectivity index (χ3n) is 2.82. The smallest absolute Gasteiger partial charge is 0.337 e. The third kappa shape index (κ3) is 7.77. The molecule has 5 heteroatoms. The Kier molecular flexibility index (Phi) is 11.3. The average Bonchev–Trinajstić information content (AvgIpc) is 2.41. The monoisotopic (exact) mass is 273 g/mol. The van der Waals surface area contributed by atoms with Crippen molar-refractivity contribution in [2.75, 3.05) is 19.8 Å². The zero-order valence-corrected chi connectivity index (χ0v) is 13.0. The van der Waals surface area contributed by atoms with E-state index in [0.717, 1.165) is 51.0 Å². The van der Waals surface area contributed by atoms with Crippen LogP contribution < -0.4 is 0 Å². The fraction of sp³-hybridized carbons (Fsp3) is 0.923. The van der Waals surface area contributed by atoms with Crippen LogP contribution in [0.3, 0.4) is 0 Å². The molecule has 106 valence electrons. The largest absolute Gasteiger partial charge is 0.394 e. The van der Waals surface area contributed by atoms with E-state index in [4.69, 9.17) is 8.85 Å². The number of isocyanates is 1. The lowest BCUT2D eigenvalue weighted by Gasteiger charge is -2.29. The highest BCUT2D eigenvalue weighted by molar-refractivity contribution is 6.67. The molecule has 0 spiro atoms. The van der Waals surface area contributed by atoms with Gasteiger partial charge in [0.2, 0.25) is 6.08 Å². The van der Waals surface area contributed by atoms with Gasteiger partial charge >= 0.3 is 8.56 Å². The van der Waals surface area contributed by atoms with Gasteiger partial charge in [0.05, 0.1) is 6.54 Å². The van der Waals surface area contributed by atoms with Crippen molar-refractivity contribution in [1.82, 2.24) is 0 Å². The maximum absolute atomic E-state index is 9.97. The van der Waals surface area contributed by atoms with E-state index in [1.54, 1.807) is 6.08 Å². The normalized spacial score (nSPS) is 11.3. The summed E-state index contributed by atoms with van der Waals surface area (Å²) in [5.74, 6) is 0. The number of unbranched alkanes of at least 4 members (excludes halogenated alkanes) is 1. The fourth-order valence-corrected chi connectivity index (χ4v) is 4.85. The van der Waals surface area contributed by atoms with Crippen LogP contribution in [-0.4, -0.2) is 34.4 Å². The van der Waals surface area contributed by atoms with Crippen LogP contribution in [0, 0.1) is 0 Å². The molecule has 0 fully saturated rings. The predicted octanol–water partition coefficient (Wildman–Crippen LogP) is 3.42. The summed E-state index contributed by atoms with van der Waals surface area (Å²) in [6, 6.07) is 1.99. The number of rotatable bonds is 12. The summed E-state index contributed by atoms with van der Waals surface area (Å²) in [4.78, 5) is 13.5. The highest BCUT2D eigenvalue weighted by Crippen LogP contribution is 2.22. The van der Waals surface area contributed by atoms with Gasteiger partial charge in [0, 0.05) is 13.2 Å². The molecule has 0 amide bonds. The summed E-state index contributed by atoms with van der Waals surface area (Å²) in [6.45, 7) is 8.54. The highest BCUT2D eigenvalue weighted by Gasteiger charge is 2.34. The number of hydrogen-bond acceptors (Lipinski definition) is 4. The van der Waals surface area contributed by atoms with Gasteiger partial charge in [-0.15, -0.1) is 0 Å². The Hall–Kier alpha value is -0.483. The van der Waals surface area contributed by atoms with Gasteiger partial charge in [0.1, 0.15) is 0 Å². The van der Waals surface area contributed by atoms with E-state index in [1.165, 1.54) is 0 Å². The van der Waals surface area contributed by atoms with E-state index in [2.05, 4.69) is 25.8 Å². The molecule has 0 saturated carbocycles. The average molecular weight is 273 g/mol. The van der Waals surface area contributed by atoms with Crippen LogP contribution in [0.15, 0.2) is 4.99 Å². The maximum atomic E-state index is 9.97. The Balaban J connectivity index is 4.18. The Labute approximate surface area is 112 Å². The van der Waals surface area contributed by atoms with E-state index in [0.29, 0.717) is 6.54 Å². The minimum atomic E-state index is -2.01. The number of aliphatic imine (C=N–C) groups is 1. The topological polar surface area (TPSA) is 47.9 Å². The first-order chi connectivity index (χ1) is 8.74. The van der Waals surface area contributed by atoms with Crippen LogP contribution in [0.4, 0.5) is 0 Å². The van der Waals surface area contributed by atoms with Gasteiger partial charge in [-0.3, -0.25) is 0 Å². The first kappa shape index (κ1) is 17.5. The molecular formula is C13H27NO3Si. The molecule has 0 aromatic carbocycles. The molecule has 0 bridgehead atoms. The van der Waals surface area contributed by atoms with Gasteiger partial charge in [-0.2, -0.15) is 0 Å². The maximum Gasteiger partial charge on any atom is 0.337 e. The first-order valence-corrected chi connectivity index (χ1v) is 9.29. The lowest BCUT2D eigenvalue weighted by molar-refractivity contribution is 0.167. The van der Waals surface area contributed by atoms with E-state index >= 15 is 0 Å². The molecule has 18 heavy (non-hydrogen) atoms. The van der Waals surface area contributed by atoms with Crippen molar-refractivity contribution in [3.63, 3.8) is 0 Å². The van der Waals surface area contributed by atoms with Crippen LogP contribution in [0.5, 0.6) is 0 Å². The van der Waals surface area contributed by atoms with Crippen molar-refractivity contribution < 1.29 is 13.6 Å². The van der Waals surface area contributed by atoms with Crippen LogP contribution in [0.2, 0.25) is 12.1 Å². The SMILES string of the molecule is CCCO[Si](CC)(CCCCN=C=O)OCCC. The lowest BCUT2D eigenvalue weighted by atomic mass is 10.3. The van der Waals surface area contributed by atoms with Crippen LogP contribution in [0.1, 0.15) is 46.5 Å². The molecule has 0 aromatic rings. The molecule has 0 aliphatic rings. The van der Waals surface area contributed by atoms with Gasteiger partial charge in [-0.05, 0) is 37.8 Å². The molecule has 0 aromatic heterocycles. The quantitative estimate of drug-likeness (QED) is 0.237. The number of carbonyl (C=O) groups excluding carboxylic acids is 1. The van der Waals surface area contributed by atoms with Crippen molar-refractivity contribution >= 4 is 14.6 Å². The van der Waals surface area contributed by atoms with Crippen molar-refractivity contribution in [3.05, 3.63) is 0 Å². The minimum Gasteiger partial charge on any atom is -0.394 e. The van der Waals surface area contributed by atoms with Gasteiger partial charge in [-0.25, -0.2) is 9.79 Å². The van der Waals surface area contributed by atoms with Crippen LogP contribution in [-0.2, 0) is 13.6 Å². The van der Waals surface area contributed by atoms with Gasteiger partial charge in [0.25, 0.3) is 0 Å². The Bertz CT molecular complexity index is 234. The summed E-state index contributed by atoms with van der Waals surface area (Å²) < 4.78 is 12.1. The second-order valence-corrected chi connectivity index (χ2v) is 8.00. The molecule has 0 aliphatic heterocycles. The number of hydrogen-bond donors (Lipinski definition) is 0. The fourth-order valence-electron chi connectivity index (χ4n) is 1.77. The Morgan fingerprint density at radius 1 is 1.06 bits per heavy atom. The van der Waals surface area contributed by atoms with E-state index in [1.807, 2.05) is 0 Å². The molecule has 0 atom stereocenters. The van der Waals surface area contributed by atoms with Crippen molar-refractivity contribution in [3.8, 4) is 0 Å². The Morgan fingerprint density at radius 2 is 1.67 bits per heavy atom. The summed E-state index contributed by atoms with van der Waals surface area (Å²) in [5, 5.41) is 0. The van der Waals surface area contributed by atoms with E-state index in [-0.39, 0.29) is 0 Å². The molecule has 0 saturated heterocycles. The molecular weight excluding hydrogens is 246 g/mol. The lowest BCUT2D eigenvalue weighted by Crippen LogP contribution is -2.42. The summed E-state index contributed by atoms with van der Waals surface area (Å²) in [6.07, 6.45) is 5.55.